The number of amides is 1. The highest BCUT2D eigenvalue weighted by Gasteiger charge is 2.58. The number of halogens is 1. The topological polar surface area (TPSA) is 78.2 Å². The van der Waals surface area contributed by atoms with Crippen LogP contribution in [0, 0.1) is 28.6 Å². The molecule has 1 N–H and O–H groups in total. The molecular formula is C23H25ClN4O2. The quantitative estimate of drug-likeness (QED) is 0.790. The van der Waals surface area contributed by atoms with Gasteiger partial charge in [-0.2, -0.15) is 5.26 Å². The maximum Gasteiger partial charge on any atom is 0.229 e. The number of pyridine rings is 1. The molecule has 0 unspecified atom stereocenters. The summed E-state index contributed by atoms with van der Waals surface area (Å²) in [6, 6.07) is 8.29. The largest absolute Gasteiger partial charge is 0.381 e. The molecule has 1 aromatic carbocycles. The van der Waals surface area contributed by atoms with Gasteiger partial charge in [-0.05, 0) is 61.1 Å². The van der Waals surface area contributed by atoms with Gasteiger partial charge < -0.3 is 15.0 Å². The molecule has 2 aliphatic heterocycles. The molecule has 1 spiro atoms. The van der Waals surface area contributed by atoms with Gasteiger partial charge in [-0.3, -0.25) is 4.79 Å². The Morgan fingerprint density at radius 1 is 1.23 bits per heavy atom. The number of benzene rings is 1. The van der Waals surface area contributed by atoms with Crippen molar-refractivity contribution in [2.45, 2.75) is 32.1 Å². The second kappa shape index (κ2) is 7.72. The number of ether oxygens (including phenoxy) is 1. The minimum atomic E-state index is 0.0662. The number of nitrogens with zero attached hydrogens (tertiary/aromatic N) is 3. The third-order valence-electron chi connectivity index (χ3n) is 7.05. The summed E-state index contributed by atoms with van der Waals surface area (Å²) in [5.74, 6) is 0.851. The van der Waals surface area contributed by atoms with E-state index in [9.17, 15) is 4.79 Å². The van der Waals surface area contributed by atoms with Crippen LogP contribution in [0.5, 0.6) is 0 Å². The highest BCUT2D eigenvalue weighted by Crippen LogP contribution is 2.59. The van der Waals surface area contributed by atoms with Crippen molar-refractivity contribution in [1.29, 1.82) is 5.26 Å². The summed E-state index contributed by atoms with van der Waals surface area (Å²) in [5, 5.41) is 14.8. The smallest absolute Gasteiger partial charge is 0.229 e. The van der Waals surface area contributed by atoms with Crippen LogP contribution in [-0.2, 0) is 9.53 Å². The van der Waals surface area contributed by atoms with Crippen molar-refractivity contribution in [2.24, 2.45) is 17.3 Å². The molecule has 1 aliphatic carbocycles. The fraction of sp³-hybridized carbons (Fsp3) is 0.522. The lowest BCUT2D eigenvalue weighted by atomic mass is 9.93. The Balaban J connectivity index is 1.33. The van der Waals surface area contributed by atoms with E-state index in [1.165, 1.54) is 0 Å². The molecule has 0 bridgehead atoms. The molecule has 156 valence electrons. The number of piperidine rings is 1. The van der Waals surface area contributed by atoms with Gasteiger partial charge in [-0.1, -0.05) is 11.6 Å². The molecule has 6 nitrogen and oxygen atoms in total. The standard InChI is InChI=1S/C23H25ClN4O2/c24-19-9-17-14-26-21(27-22(29)18-12-23(18)3-7-30-8-4-23)11-16(17)10-20(19)28-5-1-15(13-25)2-6-28/h9-11,14-15,18H,1-8,12H2,(H,26,27,29)/t18-/m1/s1. The van der Waals surface area contributed by atoms with Crippen molar-refractivity contribution in [1.82, 2.24) is 4.98 Å². The van der Waals surface area contributed by atoms with E-state index in [1.807, 2.05) is 12.1 Å². The molecule has 1 aromatic heterocycles. The average molecular weight is 425 g/mol. The molecule has 30 heavy (non-hydrogen) atoms. The average Bonchev–Trinajstić information content (AvgIpc) is 3.47. The van der Waals surface area contributed by atoms with Crippen LogP contribution in [0.3, 0.4) is 0 Å². The van der Waals surface area contributed by atoms with Crippen LogP contribution in [0.25, 0.3) is 10.8 Å². The highest BCUT2D eigenvalue weighted by atomic mass is 35.5. The number of nitriles is 1. The third-order valence-corrected chi connectivity index (χ3v) is 7.35. The third kappa shape index (κ3) is 3.61. The predicted octanol–water partition coefficient (Wildman–Crippen LogP) is 4.38. The first-order valence-electron chi connectivity index (χ1n) is 10.7. The van der Waals surface area contributed by atoms with Crippen LogP contribution < -0.4 is 10.2 Å². The minimum Gasteiger partial charge on any atom is -0.381 e. The van der Waals surface area contributed by atoms with E-state index in [0.29, 0.717) is 10.8 Å². The van der Waals surface area contributed by atoms with Crippen LogP contribution in [0.15, 0.2) is 24.4 Å². The van der Waals surface area contributed by atoms with Gasteiger partial charge >= 0.3 is 0 Å². The van der Waals surface area contributed by atoms with Gasteiger partial charge in [0.25, 0.3) is 0 Å². The molecule has 2 aromatic rings. The molecular weight excluding hydrogens is 400 g/mol. The normalized spacial score (nSPS) is 23.3. The van der Waals surface area contributed by atoms with Crippen molar-refractivity contribution in [3.8, 4) is 6.07 Å². The van der Waals surface area contributed by atoms with Gasteiger partial charge in [0.2, 0.25) is 5.91 Å². The summed E-state index contributed by atoms with van der Waals surface area (Å²) in [5.41, 5.74) is 1.13. The van der Waals surface area contributed by atoms with E-state index in [-0.39, 0.29) is 23.2 Å². The first-order valence-corrected chi connectivity index (χ1v) is 11.1. The van der Waals surface area contributed by atoms with Crippen LogP contribution in [0.4, 0.5) is 11.5 Å². The lowest BCUT2D eigenvalue weighted by molar-refractivity contribution is -0.118. The summed E-state index contributed by atoms with van der Waals surface area (Å²) in [6.45, 7) is 3.16. The second-order valence-electron chi connectivity index (χ2n) is 8.83. The molecule has 7 heteroatoms. The number of hydrogen-bond acceptors (Lipinski definition) is 5. The number of carbonyl (C=O) groups excluding carboxylic acids is 1. The molecule has 3 aliphatic rings. The van der Waals surface area contributed by atoms with E-state index in [2.05, 4.69) is 27.3 Å². The van der Waals surface area contributed by atoms with Gasteiger partial charge in [0.1, 0.15) is 5.82 Å². The SMILES string of the molecule is N#CC1CCN(c2cc3cc(NC(=O)[C@H]4CC45CCOCC5)ncc3cc2Cl)CC1. The number of hydrogen-bond donors (Lipinski definition) is 1. The Bertz CT molecular complexity index is 1020. The Morgan fingerprint density at radius 3 is 2.73 bits per heavy atom. The van der Waals surface area contributed by atoms with Crippen molar-refractivity contribution in [3.05, 3.63) is 29.4 Å². The molecule has 1 saturated carbocycles. The van der Waals surface area contributed by atoms with Crippen LogP contribution in [0.1, 0.15) is 32.1 Å². The van der Waals surface area contributed by atoms with Gasteiger partial charge in [-0.25, -0.2) is 4.98 Å². The molecule has 5 rings (SSSR count). The van der Waals surface area contributed by atoms with E-state index < -0.39 is 0 Å². The Hall–Kier alpha value is -2.36. The summed E-state index contributed by atoms with van der Waals surface area (Å²) in [7, 11) is 0. The van der Waals surface area contributed by atoms with E-state index in [1.54, 1.807) is 6.20 Å². The zero-order valence-corrected chi connectivity index (χ0v) is 17.6. The Kier molecular flexibility index (Phi) is 5.04. The van der Waals surface area contributed by atoms with Gasteiger partial charge in [0.15, 0.2) is 0 Å². The first-order chi connectivity index (χ1) is 14.6. The van der Waals surface area contributed by atoms with Gasteiger partial charge in [0.05, 0.1) is 16.8 Å². The van der Waals surface area contributed by atoms with Crippen molar-refractivity contribution >= 4 is 39.8 Å². The lowest BCUT2D eigenvalue weighted by Gasteiger charge is -2.32. The van der Waals surface area contributed by atoms with Crippen molar-refractivity contribution < 1.29 is 9.53 Å². The fourth-order valence-electron chi connectivity index (χ4n) is 4.98. The van der Waals surface area contributed by atoms with E-state index in [4.69, 9.17) is 21.6 Å². The fourth-order valence-corrected chi connectivity index (χ4v) is 5.27. The number of nitrogens with one attached hydrogen (secondary N) is 1. The van der Waals surface area contributed by atoms with Crippen LogP contribution in [0.2, 0.25) is 5.02 Å². The van der Waals surface area contributed by atoms with E-state index >= 15 is 0 Å². The monoisotopic (exact) mass is 424 g/mol. The summed E-state index contributed by atoms with van der Waals surface area (Å²) in [4.78, 5) is 19.4. The lowest BCUT2D eigenvalue weighted by Crippen LogP contribution is -2.33. The number of fused-ring (bicyclic) bond motifs is 1. The summed E-state index contributed by atoms with van der Waals surface area (Å²) in [6.07, 6.45) is 6.38. The number of aromatic nitrogens is 1. The van der Waals surface area contributed by atoms with Crippen molar-refractivity contribution in [2.75, 3.05) is 36.5 Å². The number of rotatable bonds is 3. The molecule has 0 radical (unpaired) electrons. The van der Waals surface area contributed by atoms with Crippen LogP contribution in [-0.4, -0.2) is 37.2 Å². The molecule has 1 atom stereocenters. The first kappa shape index (κ1) is 19.6. The maximum atomic E-state index is 12.8. The molecule has 1 amide bonds. The van der Waals surface area contributed by atoms with Gasteiger partial charge in [0, 0.05) is 49.7 Å². The number of carbonyl (C=O) groups is 1. The Morgan fingerprint density at radius 2 is 2.00 bits per heavy atom. The predicted molar refractivity (Wildman–Crippen MR) is 117 cm³/mol. The maximum absolute atomic E-state index is 12.8. The highest BCUT2D eigenvalue weighted by molar-refractivity contribution is 6.34. The minimum absolute atomic E-state index is 0.0662. The molecule has 3 heterocycles. The zero-order valence-electron chi connectivity index (χ0n) is 16.9. The van der Waals surface area contributed by atoms with E-state index in [0.717, 1.165) is 74.9 Å². The van der Waals surface area contributed by atoms with Crippen molar-refractivity contribution in [3.63, 3.8) is 0 Å². The summed E-state index contributed by atoms with van der Waals surface area (Å²) < 4.78 is 5.45. The number of anilines is 2. The van der Waals surface area contributed by atoms with Gasteiger partial charge in [-0.15, -0.1) is 0 Å². The molecule has 2 saturated heterocycles. The summed E-state index contributed by atoms with van der Waals surface area (Å²) >= 11 is 6.55. The van der Waals surface area contributed by atoms with Crippen LogP contribution >= 0.6 is 11.6 Å². The Labute approximate surface area is 181 Å². The second-order valence-corrected chi connectivity index (χ2v) is 9.24. The zero-order chi connectivity index (χ0) is 20.7. The molecule has 3 fully saturated rings.